The average Bonchev–Trinajstić information content (AvgIpc) is 2.98. The molecule has 3 nitrogen and oxygen atoms in total. The van der Waals surface area contributed by atoms with Gasteiger partial charge in [-0.15, -0.1) is 0 Å². The molecule has 1 aromatic heterocycles. The van der Waals surface area contributed by atoms with Crippen LogP contribution in [0.25, 0.3) is 0 Å². The number of carbonyl (C=O) groups excluding carboxylic acids is 1. The fourth-order valence-electron chi connectivity index (χ4n) is 2.90. The third kappa shape index (κ3) is 2.46. The van der Waals surface area contributed by atoms with Crippen LogP contribution in [0.5, 0.6) is 0 Å². The SMILES string of the molecule is Cc1nocc1CC(=O)C[C@H]1CCc2ccccc21. The first-order valence-corrected chi connectivity index (χ1v) is 6.73. The van der Waals surface area contributed by atoms with Gasteiger partial charge >= 0.3 is 0 Å². The predicted octanol–water partition coefficient (Wildman–Crippen LogP) is 3.21. The summed E-state index contributed by atoms with van der Waals surface area (Å²) in [6, 6.07) is 8.46. The van der Waals surface area contributed by atoms with Gasteiger partial charge in [-0.2, -0.15) is 0 Å². The largest absolute Gasteiger partial charge is 0.364 e. The molecule has 0 aliphatic heterocycles. The highest BCUT2D eigenvalue weighted by atomic mass is 16.5. The van der Waals surface area contributed by atoms with Gasteiger partial charge in [-0.25, -0.2) is 0 Å². The van der Waals surface area contributed by atoms with Crippen LogP contribution in [0.1, 0.15) is 41.1 Å². The molecule has 1 heterocycles. The molecule has 1 aromatic carbocycles. The van der Waals surface area contributed by atoms with Crippen LogP contribution in [0.3, 0.4) is 0 Å². The number of fused-ring (bicyclic) bond motifs is 1. The van der Waals surface area contributed by atoms with Gasteiger partial charge in [-0.05, 0) is 36.8 Å². The molecule has 3 heteroatoms. The molecule has 0 saturated heterocycles. The zero-order valence-corrected chi connectivity index (χ0v) is 11.1. The number of hydrogen-bond acceptors (Lipinski definition) is 3. The number of aromatic nitrogens is 1. The standard InChI is InChI=1S/C16H17NO2/c1-11-14(10-19-17-11)9-15(18)8-13-7-6-12-4-2-3-5-16(12)13/h2-5,10,13H,6-9H2,1H3/t13-/m1/s1. The van der Waals surface area contributed by atoms with Crippen molar-refractivity contribution in [3.8, 4) is 0 Å². The minimum Gasteiger partial charge on any atom is -0.364 e. The molecule has 0 N–H and O–H groups in total. The Morgan fingerprint density at radius 2 is 2.26 bits per heavy atom. The monoisotopic (exact) mass is 255 g/mol. The Kier molecular flexibility index (Phi) is 3.20. The van der Waals surface area contributed by atoms with Gasteiger partial charge in [-0.1, -0.05) is 29.4 Å². The van der Waals surface area contributed by atoms with Crippen molar-refractivity contribution >= 4 is 5.78 Å². The number of Topliss-reactive ketones (excluding diaryl/α,β-unsaturated/α-hetero) is 1. The molecule has 0 spiro atoms. The first-order chi connectivity index (χ1) is 9.24. The summed E-state index contributed by atoms with van der Waals surface area (Å²) in [5.41, 5.74) is 4.50. The number of ketones is 1. The maximum atomic E-state index is 12.2. The minimum absolute atomic E-state index is 0.271. The van der Waals surface area contributed by atoms with Crippen molar-refractivity contribution < 1.29 is 9.32 Å². The summed E-state index contributed by atoms with van der Waals surface area (Å²) in [5, 5.41) is 3.81. The van der Waals surface area contributed by atoms with E-state index in [2.05, 4.69) is 29.4 Å². The van der Waals surface area contributed by atoms with Crippen LogP contribution in [0, 0.1) is 6.92 Å². The smallest absolute Gasteiger partial charge is 0.138 e. The zero-order chi connectivity index (χ0) is 13.2. The maximum Gasteiger partial charge on any atom is 0.138 e. The van der Waals surface area contributed by atoms with Crippen LogP contribution in [0.2, 0.25) is 0 Å². The van der Waals surface area contributed by atoms with Crippen molar-refractivity contribution in [3.63, 3.8) is 0 Å². The van der Waals surface area contributed by atoms with Crippen LogP contribution in [-0.4, -0.2) is 10.9 Å². The van der Waals surface area contributed by atoms with Gasteiger partial charge in [0.2, 0.25) is 0 Å². The molecule has 98 valence electrons. The lowest BCUT2D eigenvalue weighted by molar-refractivity contribution is -0.118. The summed E-state index contributed by atoms with van der Waals surface area (Å²) >= 11 is 0. The number of hydrogen-bond donors (Lipinski definition) is 0. The van der Waals surface area contributed by atoms with Gasteiger partial charge in [0, 0.05) is 18.4 Å². The number of benzene rings is 1. The van der Waals surface area contributed by atoms with E-state index in [9.17, 15) is 4.79 Å². The van der Waals surface area contributed by atoms with E-state index in [4.69, 9.17) is 4.52 Å². The highest BCUT2D eigenvalue weighted by Crippen LogP contribution is 2.35. The lowest BCUT2D eigenvalue weighted by Crippen LogP contribution is -2.08. The van der Waals surface area contributed by atoms with Crippen LogP contribution < -0.4 is 0 Å². The lowest BCUT2D eigenvalue weighted by atomic mass is 9.93. The normalized spacial score (nSPS) is 17.4. The van der Waals surface area contributed by atoms with E-state index < -0.39 is 0 Å². The van der Waals surface area contributed by atoms with Crippen molar-refractivity contribution in [2.75, 3.05) is 0 Å². The van der Waals surface area contributed by atoms with Crippen LogP contribution in [-0.2, 0) is 17.6 Å². The van der Waals surface area contributed by atoms with E-state index in [1.165, 1.54) is 11.1 Å². The lowest BCUT2D eigenvalue weighted by Gasteiger charge is -2.10. The van der Waals surface area contributed by atoms with Gasteiger partial charge in [-0.3, -0.25) is 4.79 Å². The Morgan fingerprint density at radius 1 is 1.42 bits per heavy atom. The van der Waals surface area contributed by atoms with Gasteiger partial charge in [0.15, 0.2) is 0 Å². The molecule has 1 aliphatic rings. The van der Waals surface area contributed by atoms with Crippen LogP contribution in [0.4, 0.5) is 0 Å². The molecule has 0 bridgehead atoms. The van der Waals surface area contributed by atoms with Crippen molar-refractivity contribution in [1.82, 2.24) is 5.16 Å². The second-order valence-electron chi connectivity index (χ2n) is 5.28. The second-order valence-corrected chi connectivity index (χ2v) is 5.28. The molecule has 3 rings (SSSR count). The molecular weight excluding hydrogens is 238 g/mol. The topological polar surface area (TPSA) is 43.1 Å². The van der Waals surface area contributed by atoms with E-state index >= 15 is 0 Å². The second kappa shape index (κ2) is 5.00. The molecule has 0 unspecified atom stereocenters. The summed E-state index contributed by atoms with van der Waals surface area (Å²) < 4.78 is 4.87. The van der Waals surface area contributed by atoms with E-state index in [1.807, 2.05) is 6.92 Å². The summed E-state index contributed by atoms with van der Waals surface area (Å²) in [6.45, 7) is 1.87. The number of aryl methyl sites for hydroxylation is 2. The first-order valence-electron chi connectivity index (χ1n) is 6.73. The van der Waals surface area contributed by atoms with Crippen molar-refractivity contribution in [2.24, 2.45) is 0 Å². The summed E-state index contributed by atoms with van der Waals surface area (Å²) in [7, 11) is 0. The molecule has 1 atom stereocenters. The van der Waals surface area contributed by atoms with Gasteiger partial charge in [0.1, 0.15) is 12.0 Å². The molecular formula is C16H17NO2. The Balaban J connectivity index is 1.67. The van der Waals surface area contributed by atoms with Crippen LogP contribution >= 0.6 is 0 Å². The van der Waals surface area contributed by atoms with E-state index in [0.29, 0.717) is 18.8 Å². The third-order valence-electron chi connectivity index (χ3n) is 3.97. The number of nitrogens with zero attached hydrogens (tertiary/aromatic N) is 1. The molecule has 19 heavy (non-hydrogen) atoms. The average molecular weight is 255 g/mol. The number of rotatable bonds is 4. The van der Waals surface area contributed by atoms with Crippen molar-refractivity contribution in [1.29, 1.82) is 0 Å². The van der Waals surface area contributed by atoms with Gasteiger partial charge < -0.3 is 4.52 Å². The fourth-order valence-corrected chi connectivity index (χ4v) is 2.90. The molecule has 2 aromatic rings. The predicted molar refractivity (Wildman–Crippen MR) is 72.1 cm³/mol. The molecule has 0 radical (unpaired) electrons. The number of carbonyl (C=O) groups is 1. The Labute approximate surface area is 112 Å². The Bertz CT molecular complexity index is 600. The van der Waals surface area contributed by atoms with E-state index in [0.717, 1.165) is 24.1 Å². The summed E-state index contributed by atoms with van der Waals surface area (Å²) in [4.78, 5) is 12.2. The third-order valence-corrected chi connectivity index (χ3v) is 3.97. The summed E-state index contributed by atoms with van der Waals surface area (Å²) in [6.07, 6.45) is 4.83. The van der Waals surface area contributed by atoms with Gasteiger partial charge in [0.05, 0.1) is 5.69 Å². The quantitative estimate of drug-likeness (QED) is 0.842. The highest BCUT2D eigenvalue weighted by molar-refractivity contribution is 5.82. The molecule has 0 amide bonds. The van der Waals surface area contributed by atoms with Gasteiger partial charge in [0.25, 0.3) is 0 Å². The summed E-state index contributed by atoms with van der Waals surface area (Å²) in [5.74, 6) is 0.664. The Hall–Kier alpha value is -1.90. The zero-order valence-electron chi connectivity index (χ0n) is 11.1. The van der Waals surface area contributed by atoms with Crippen molar-refractivity contribution in [2.45, 2.75) is 38.5 Å². The molecule has 0 fully saturated rings. The van der Waals surface area contributed by atoms with E-state index in [-0.39, 0.29) is 5.78 Å². The molecule has 1 aliphatic carbocycles. The highest BCUT2D eigenvalue weighted by Gasteiger charge is 2.24. The van der Waals surface area contributed by atoms with Crippen LogP contribution in [0.15, 0.2) is 35.1 Å². The Morgan fingerprint density at radius 3 is 3.05 bits per heavy atom. The minimum atomic E-state index is 0.271. The maximum absolute atomic E-state index is 12.2. The first kappa shape index (κ1) is 12.2. The van der Waals surface area contributed by atoms with Crippen molar-refractivity contribution in [3.05, 3.63) is 52.9 Å². The van der Waals surface area contributed by atoms with E-state index in [1.54, 1.807) is 6.26 Å². The molecule has 0 saturated carbocycles. The fraction of sp³-hybridized carbons (Fsp3) is 0.375.